The van der Waals surface area contributed by atoms with Gasteiger partial charge in [0.15, 0.2) is 11.6 Å². The van der Waals surface area contributed by atoms with Crippen LogP contribution in [-0.2, 0) is 24.6 Å². The first-order valence-corrected chi connectivity index (χ1v) is 27.6. The van der Waals surface area contributed by atoms with E-state index in [1.165, 1.54) is 30.4 Å². The van der Waals surface area contributed by atoms with Gasteiger partial charge >= 0.3 is 6.03 Å². The maximum atomic E-state index is 15.3. The fourth-order valence-corrected chi connectivity index (χ4v) is 13.3. The van der Waals surface area contributed by atoms with Gasteiger partial charge in [-0.3, -0.25) is 34.4 Å². The predicted octanol–water partition coefficient (Wildman–Crippen LogP) is 7.57. The van der Waals surface area contributed by atoms with Crippen LogP contribution in [0.25, 0.3) is 22.3 Å². The average Bonchev–Trinajstić information content (AvgIpc) is 4.18. The number of anilines is 5. The number of benzene rings is 1. The van der Waals surface area contributed by atoms with Crippen LogP contribution in [0.15, 0.2) is 67.4 Å². The molecular weight excluding hydrogens is 966 g/mol. The monoisotopic (exact) mass is 1030 g/mol. The van der Waals surface area contributed by atoms with E-state index in [0.717, 1.165) is 59.6 Å². The second kappa shape index (κ2) is 19.8. The van der Waals surface area contributed by atoms with Gasteiger partial charge in [0.05, 0.1) is 46.7 Å². The highest BCUT2D eigenvalue weighted by Crippen LogP contribution is 2.53. The summed E-state index contributed by atoms with van der Waals surface area (Å²) in [5, 5.41) is 5.60. The lowest BCUT2D eigenvalue weighted by molar-refractivity contribution is -0.150. The number of pyridine rings is 3. The topological polar surface area (TPSA) is 185 Å². The van der Waals surface area contributed by atoms with Gasteiger partial charge in [0.1, 0.15) is 11.3 Å². The molecule has 2 N–H and O–H groups in total. The van der Waals surface area contributed by atoms with Crippen molar-refractivity contribution in [3.63, 3.8) is 0 Å². The minimum absolute atomic E-state index is 0.0670. The minimum atomic E-state index is -0.764. The maximum absolute atomic E-state index is 15.3. The molecule has 6 amide bonds. The van der Waals surface area contributed by atoms with Crippen molar-refractivity contribution in [1.29, 1.82) is 0 Å². The molecule has 1 saturated carbocycles. The summed E-state index contributed by atoms with van der Waals surface area (Å²) in [6.45, 7) is 12.1. The molecule has 398 valence electrons. The molecule has 18 nitrogen and oxygen atoms in total. The molecule has 5 aromatic rings. The summed E-state index contributed by atoms with van der Waals surface area (Å²) in [7, 11) is 0. The van der Waals surface area contributed by atoms with Crippen LogP contribution >= 0.6 is 0 Å². The second-order valence-corrected chi connectivity index (χ2v) is 22.9. The number of carbonyl (C=O) groups excluding carboxylic acids is 5. The molecule has 6 aliphatic heterocycles. The van der Waals surface area contributed by atoms with Gasteiger partial charge in [-0.05, 0) is 127 Å². The molecule has 0 atom stereocenters. The van der Waals surface area contributed by atoms with Gasteiger partial charge in [0.2, 0.25) is 23.6 Å². The second-order valence-electron chi connectivity index (χ2n) is 22.9. The third kappa shape index (κ3) is 8.90. The van der Waals surface area contributed by atoms with Crippen molar-refractivity contribution in [2.75, 3.05) is 78.9 Å². The van der Waals surface area contributed by atoms with Gasteiger partial charge in [-0.2, -0.15) is 0 Å². The average molecular weight is 1030 g/mol. The summed E-state index contributed by atoms with van der Waals surface area (Å²) >= 11 is 0. The molecule has 0 bridgehead atoms. The SMILES string of the molecule is CC(C)n1cnc2cc(-c3ccc4c(c3)N([C@H]3C[C@@H](N5CCCCC5)C3)C(=O)C43CCN(C(=O)C4(C)CCN(C(=O)C5CCN(c6ccc(N7CCC(=O)NC7=O)cn6)CC5)CC4)CC3)nc(Nc3ccncc3F)c21. The molecule has 6 fully saturated rings. The Morgan fingerprint density at radius 2 is 1.57 bits per heavy atom. The first-order valence-electron chi connectivity index (χ1n) is 27.6. The molecule has 1 aromatic carbocycles. The van der Waals surface area contributed by atoms with Crippen LogP contribution in [0.2, 0.25) is 0 Å². The number of nitrogens with one attached hydrogen (secondary N) is 2. The fourth-order valence-electron chi connectivity index (χ4n) is 13.3. The van der Waals surface area contributed by atoms with Gasteiger partial charge in [-0.15, -0.1) is 0 Å². The third-order valence-electron chi connectivity index (χ3n) is 18.1. The molecule has 1 spiro atoms. The molecule has 0 unspecified atom stereocenters. The number of hydrogen-bond donors (Lipinski definition) is 2. The van der Waals surface area contributed by atoms with Gasteiger partial charge in [0, 0.05) is 99.1 Å². The van der Waals surface area contributed by atoms with E-state index in [1.54, 1.807) is 24.8 Å². The van der Waals surface area contributed by atoms with Crippen molar-refractivity contribution in [2.45, 2.75) is 121 Å². The van der Waals surface area contributed by atoms with E-state index in [1.807, 2.05) is 32.6 Å². The van der Waals surface area contributed by atoms with Crippen molar-refractivity contribution in [3.8, 4) is 11.3 Å². The maximum Gasteiger partial charge on any atom is 0.328 e. The lowest BCUT2D eigenvalue weighted by Crippen LogP contribution is -2.59. The first kappa shape index (κ1) is 49.8. The van der Waals surface area contributed by atoms with Crippen LogP contribution in [0, 0.1) is 17.2 Å². The van der Waals surface area contributed by atoms with E-state index in [2.05, 4.69) is 74.3 Å². The number of urea groups is 1. The summed E-state index contributed by atoms with van der Waals surface area (Å²) in [4.78, 5) is 98.7. The summed E-state index contributed by atoms with van der Waals surface area (Å²) in [6, 6.07) is 13.7. The molecule has 12 rings (SSSR count). The number of nitrogens with zero attached hydrogens (tertiary/aromatic N) is 11. The van der Waals surface area contributed by atoms with Crippen molar-refractivity contribution in [2.24, 2.45) is 11.3 Å². The number of imidazole rings is 1. The van der Waals surface area contributed by atoms with E-state index >= 15 is 9.18 Å². The van der Waals surface area contributed by atoms with Gasteiger partial charge in [0.25, 0.3) is 0 Å². The molecule has 0 radical (unpaired) electrons. The number of imide groups is 1. The largest absolute Gasteiger partial charge is 0.357 e. The Hall–Kier alpha value is -7.02. The normalized spacial score (nSPS) is 23.1. The quantitative estimate of drug-likeness (QED) is 0.140. The standard InChI is InChI=1S/C57H68FN13O5/c1-36(2)70-35-61-46-32-45(63-51(50(46)70)62-44-11-19-59-34-43(44)58)38-7-9-42-47(29-38)71(41-30-40(31-41)65-20-5-4-6-21-65)54(75)57(42)17-27-68(28-18-57)53(74)56(3)15-25-67(26-16-56)52(73)37-12-22-66(23-13-37)48-10-8-39(33-60-48)69-24-14-49(72)64-55(69)76/h7-11,19,29,32-37,40-41H,4-6,12-18,20-28,30-31H2,1-3H3,(H,59,62,63)(H,64,72,76)/t40-,41+. The highest BCUT2D eigenvalue weighted by molar-refractivity contribution is 6.10. The number of fused-ring (bicyclic) bond motifs is 3. The Morgan fingerprint density at radius 1 is 0.816 bits per heavy atom. The smallest absolute Gasteiger partial charge is 0.328 e. The Bertz CT molecular complexity index is 3070. The fraction of sp³-hybridized carbons (Fsp3) is 0.526. The zero-order valence-corrected chi connectivity index (χ0v) is 43.8. The van der Waals surface area contributed by atoms with Crippen LogP contribution in [0.3, 0.4) is 0 Å². The lowest BCUT2D eigenvalue weighted by atomic mass is 9.72. The van der Waals surface area contributed by atoms with Crippen molar-refractivity contribution in [1.82, 2.24) is 44.5 Å². The van der Waals surface area contributed by atoms with Crippen molar-refractivity contribution < 1.29 is 28.4 Å². The Morgan fingerprint density at radius 3 is 2.26 bits per heavy atom. The van der Waals surface area contributed by atoms with Gasteiger partial charge in [-0.25, -0.2) is 24.1 Å². The number of carbonyl (C=O) groups is 5. The number of amides is 6. The van der Waals surface area contributed by atoms with Crippen LogP contribution in [0.1, 0.15) is 109 Å². The number of piperidine rings is 4. The van der Waals surface area contributed by atoms with E-state index in [0.29, 0.717) is 108 Å². The number of halogens is 1. The molecule has 7 aliphatic rings. The third-order valence-corrected chi connectivity index (χ3v) is 18.1. The van der Waals surface area contributed by atoms with E-state index in [-0.39, 0.29) is 53.7 Å². The highest BCUT2D eigenvalue weighted by Gasteiger charge is 2.56. The molecule has 4 aromatic heterocycles. The Labute approximate surface area is 442 Å². The Kier molecular flexibility index (Phi) is 13.0. The zero-order chi connectivity index (χ0) is 52.5. The van der Waals surface area contributed by atoms with Crippen molar-refractivity contribution >= 4 is 69.4 Å². The minimum Gasteiger partial charge on any atom is -0.357 e. The summed E-state index contributed by atoms with van der Waals surface area (Å²) in [5.74, 6) is 0.776. The molecule has 10 heterocycles. The number of likely N-dealkylation sites (tertiary alicyclic amines) is 3. The van der Waals surface area contributed by atoms with E-state index in [4.69, 9.17) is 9.97 Å². The lowest BCUT2D eigenvalue weighted by Gasteiger charge is -2.48. The molecule has 76 heavy (non-hydrogen) atoms. The van der Waals surface area contributed by atoms with E-state index < -0.39 is 22.7 Å². The van der Waals surface area contributed by atoms with Crippen LogP contribution in [-0.4, -0.2) is 140 Å². The number of hydrogen-bond acceptors (Lipinski definition) is 12. The van der Waals surface area contributed by atoms with Crippen LogP contribution < -0.4 is 25.3 Å². The van der Waals surface area contributed by atoms with Crippen molar-refractivity contribution in [3.05, 3.63) is 78.8 Å². The van der Waals surface area contributed by atoms with Gasteiger partial charge in [-0.1, -0.05) is 25.5 Å². The molecule has 5 saturated heterocycles. The van der Waals surface area contributed by atoms with E-state index in [9.17, 15) is 19.2 Å². The Balaban J connectivity index is 0.722. The summed E-state index contributed by atoms with van der Waals surface area (Å²) in [5.41, 5.74) is 4.41. The summed E-state index contributed by atoms with van der Waals surface area (Å²) in [6.07, 6.45) is 15.6. The first-order chi connectivity index (χ1) is 36.8. The molecule has 19 heteroatoms. The predicted molar refractivity (Wildman–Crippen MR) is 287 cm³/mol. The van der Waals surface area contributed by atoms with Gasteiger partial charge < -0.3 is 34.4 Å². The molecule has 1 aliphatic carbocycles. The number of aromatic nitrogens is 5. The van der Waals surface area contributed by atoms with Crippen LogP contribution in [0.4, 0.5) is 37.9 Å². The zero-order valence-electron chi connectivity index (χ0n) is 43.8. The molecular formula is C57H68FN13O5. The number of rotatable bonds is 10. The summed E-state index contributed by atoms with van der Waals surface area (Å²) < 4.78 is 17.1. The highest BCUT2D eigenvalue weighted by atomic mass is 19.1. The van der Waals surface area contributed by atoms with Crippen LogP contribution in [0.5, 0.6) is 0 Å².